The number of hydrogen-bond acceptors (Lipinski definition) is 26. The van der Waals surface area contributed by atoms with Gasteiger partial charge < -0.3 is 116 Å². The van der Waals surface area contributed by atoms with Crippen molar-refractivity contribution in [3.8, 4) is 0 Å². The van der Waals surface area contributed by atoms with Crippen LogP contribution in [0.4, 0.5) is 0 Å². The Morgan fingerprint density at radius 2 is 0.984 bits per heavy atom. The molecule has 29 heteroatoms. The molecule has 63 heavy (non-hydrogen) atoms. The Balaban J connectivity index is 1.51. The molecule has 4 aliphatic heterocycles. The lowest BCUT2D eigenvalue weighted by Crippen LogP contribution is -2.65. The molecule has 4 rings (SSSR count). The Bertz CT molecular complexity index is 1430. The van der Waals surface area contributed by atoms with Crippen LogP contribution in [0.1, 0.15) is 6.92 Å². The molecule has 0 aliphatic carbocycles. The molecule has 0 aromatic heterocycles. The number of nitrogens with two attached hydrogens (primary N) is 2. The topological polar surface area (TPSA) is 459 Å². The summed E-state index contributed by atoms with van der Waals surface area (Å²) >= 11 is 0. The number of aliphatic hydroxyl groups is 13. The molecule has 18 N–H and O–H groups in total. The first-order valence-electron chi connectivity index (χ1n) is 19.8. The highest BCUT2D eigenvalue weighted by Crippen LogP contribution is 2.31. The normalized spacial score (nSPS) is 41.1. The second-order valence-corrected chi connectivity index (χ2v) is 15.4. The summed E-state index contributed by atoms with van der Waals surface area (Å²) in [6, 6.07) is 0. The fourth-order valence-electron chi connectivity index (χ4n) is 7.02. The third-order valence-electron chi connectivity index (χ3n) is 10.6. The van der Waals surface area contributed by atoms with Gasteiger partial charge in [-0.15, -0.1) is 0 Å². The SMILES string of the molecule is C[C@@H]1O[C@@H](OCCN(CCO[C@H]2O[C@H](CO[C@H]3O[C@H](CO)[C@@H](O)[C@H](O)[C@@H]3O)[C@@H](O)[C@H](O[C@H]3O[C@H](CO)[C@@H](O)[C@H](O)[C@@H]3O)[C@@H]2O)NC(=O)CN(CC(N)=O)CC(N)=O)[C@@H](O)[C@H](O)[C@@H]1O. The van der Waals surface area contributed by atoms with Crippen LogP contribution in [0.3, 0.4) is 0 Å². The van der Waals surface area contributed by atoms with Crippen LogP contribution in [0.2, 0.25) is 0 Å². The Hall–Kier alpha value is -2.51. The van der Waals surface area contributed by atoms with E-state index in [1.165, 1.54) is 11.9 Å². The van der Waals surface area contributed by atoms with E-state index in [4.69, 9.17) is 49.4 Å². The summed E-state index contributed by atoms with van der Waals surface area (Å²) in [7, 11) is 0. The lowest BCUT2D eigenvalue weighted by atomic mass is 9.96. The van der Waals surface area contributed by atoms with Crippen LogP contribution in [0, 0.1) is 0 Å². The molecule has 0 unspecified atom stereocenters. The third-order valence-corrected chi connectivity index (χ3v) is 10.6. The number of aliphatic hydroxyl groups excluding tert-OH is 13. The van der Waals surface area contributed by atoms with Gasteiger partial charge in [0.2, 0.25) is 17.7 Å². The maximum absolute atomic E-state index is 13.1. The zero-order chi connectivity index (χ0) is 46.9. The summed E-state index contributed by atoms with van der Waals surface area (Å²) < 4.78 is 44.5. The van der Waals surface area contributed by atoms with E-state index in [1.54, 1.807) is 0 Å². The van der Waals surface area contributed by atoms with E-state index in [-0.39, 0.29) is 19.7 Å². The van der Waals surface area contributed by atoms with Gasteiger partial charge in [-0.2, -0.15) is 0 Å². The molecule has 4 saturated heterocycles. The van der Waals surface area contributed by atoms with E-state index in [2.05, 4.69) is 5.43 Å². The molecule has 4 heterocycles. The van der Waals surface area contributed by atoms with Crippen LogP contribution >= 0.6 is 0 Å². The van der Waals surface area contributed by atoms with Gasteiger partial charge in [0.15, 0.2) is 25.2 Å². The molecular formula is C34H61N5O24. The third kappa shape index (κ3) is 14.0. The predicted octanol–water partition coefficient (Wildman–Crippen LogP) is -12.1. The Kier molecular flexibility index (Phi) is 20.5. The van der Waals surface area contributed by atoms with Crippen LogP contribution in [0.5, 0.6) is 0 Å². The minimum atomic E-state index is -1.99. The predicted molar refractivity (Wildman–Crippen MR) is 198 cm³/mol. The summed E-state index contributed by atoms with van der Waals surface area (Å²) in [5.74, 6) is -2.57. The van der Waals surface area contributed by atoms with Crippen LogP contribution in [-0.4, -0.2) is 283 Å². The van der Waals surface area contributed by atoms with Crippen molar-refractivity contribution in [3.63, 3.8) is 0 Å². The van der Waals surface area contributed by atoms with Crippen molar-refractivity contribution in [3.05, 3.63) is 0 Å². The Morgan fingerprint density at radius 1 is 0.540 bits per heavy atom. The van der Waals surface area contributed by atoms with Crippen molar-refractivity contribution in [1.29, 1.82) is 0 Å². The van der Waals surface area contributed by atoms with Gasteiger partial charge >= 0.3 is 0 Å². The monoisotopic (exact) mass is 923 g/mol. The molecule has 0 spiro atoms. The van der Waals surface area contributed by atoms with E-state index in [9.17, 15) is 80.8 Å². The highest BCUT2D eigenvalue weighted by Gasteiger charge is 2.52. The van der Waals surface area contributed by atoms with Gasteiger partial charge in [-0.1, -0.05) is 0 Å². The highest BCUT2D eigenvalue weighted by molar-refractivity contribution is 5.82. The number of nitrogens with one attached hydrogen (secondary N) is 1. The summed E-state index contributed by atoms with van der Waals surface area (Å²) in [4.78, 5) is 37.3. The van der Waals surface area contributed by atoms with Crippen LogP contribution < -0.4 is 16.9 Å². The van der Waals surface area contributed by atoms with E-state index in [0.717, 1.165) is 4.90 Å². The molecule has 0 bridgehead atoms. The maximum Gasteiger partial charge on any atom is 0.248 e. The van der Waals surface area contributed by atoms with E-state index in [0.29, 0.717) is 0 Å². The van der Waals surface area contributed by atoms with Crippen molar-refractivity contribution >= 4 is 17.7 Å². The average Bonchev–Trinajstić information content (AvgIpc) is 3.22. The van der Waals surface area contributed by atoms with Gasteiger partial charge in [0, 0.05) is 13.1 Å². The molecule has 3 amide bonds. The first kappa shape index (κ1) is 53.1. The lowest BCUT2D eigenvalue weighted by Gasteiger charge is -2.46. The number of amides is 3. The number of nitrogens with zero attached hydrogens (tertiary/aromatic N) is 2. The molecule has 4 fully saturated rings. The zero-order valence-corrected chi connectivity index (χ0v) is 34.0. The maximum atomic E-state index is 13.1. The van der Waals surface area contributed by atoms with Crippen molar-refractivity contribution < 1.29 is 119 Å². The molecule has 29 nitrogen and oxygen atoms in total. The smallest absolute Gasteiger partial charge is 0.248 e. The van der Waals surface area contributed by atoms with Crippen molar-refractivity contribution in [2.24, 2.45) is 11.5 Å². The van der Waals surface area contributed by atoms with E-state index < -0.39 is 187 Å². The number of hydrogen-bond donors (Lipinski definition) is 16. The molecule has 0 radical (unpaired) electrons. The molecule has 0 aromatic rings. The van der Waals surface area contributed by atoms with E-state index in [1.807, 2.05) is 0 Å². The van der Waals surface area contributed by atoms with E-state index >= 15 is 0 Å². The largest absolute Gasteiger partial charge is 0.394 e. The van der Waals surface area contributed by atoms with Gasteiger partial charge in [-0.05, 0) is 6.92 Å². The van der Waals surface area contributed by atoms with Gasteiger partial charge in [0.25, 0.3) is 0 Å². The average molecular weight is 924 g/mol. The second-order valence-electron chi connectivity index (χ2n) is 15.4. The standard InChI is InChI=1S/C34H61N5O24/c1-12-19(45)23(49)26(52)31(59-12)56-4-2-39(37-18(44)8-38(6-16(35)42)7-17(36)43)3-5-57-33-29(55)30(63-34-28(54)25(51)21(47)14(10-41)61-34)22(48)15(62-33)11-58-32-27(53)24(50)20(46)13(9-40)60-32/h12-15,19-34,40-41,45-55H,2-11H2,1H3,(H2,35,42)(H2,36,43)(H,37,44)/t12-,13+,14+,15+,19+,20+,21+,22+,23+,24-,25-,26-,27-,28-,29-,30-,31+,32-,33-,34+/m0/s1. The van der Waals surface area contributed by atoms with Crippen LogP contribution in [0.15, 0.2) is 0 Å². The number of hydrazine groups is 1. The fourth-order valence-corrected chi connectivity index (χ4v) is 7.02. The van der Waals surface area contributed by atoms with Crippen molar-refractivity contribution in [2.45, 2.75) is 130 Å². The molecule has 4 aliphatic rings. The Labute approximate surface area is 358 Å². The minimum Gasteiger partial charge on any atom is -0.394 e. The second kappa shape index (κ2) is 24.3. The number of ether oxygens (including phenoxy) is 8. The minimum absolute atomic E-state index is 0.231. The van der Waals surface area contributed by atoms with Crippen LogP contribution in [0.25, 0.3) is 0 Å². The van der Waals surface area contributed by atoms with Gasteiger partial charge in [0.1, 0.15) is 91.6 Å². The van der Waals surface area contributed by atoms with Gasteiger partial charge in [0.05, 0.1) is 58.8 Å². The number of primary amides is 2. The van der Waals surface area contributed by atoms with Gasteiger partial charge in [-0.3, -0.25) is 24.7 Å². The quantitative estimate of drug-likeness (QED) is 0.0448. The number of rotatable bonds is 22. The number of carbonyl (C=O) groups excluding carboxylic acids is 3. The fraction of sp³-hybridized carbons (Fsp3) is 0.912. The van der Waals surface area contributed by atoms with Crippen LogP contribution in [-0.2, 0) is 52.3 Å². The molecule has 0 saturated carbocycles. The van der Waals surface area contributed by atoms with Crippen molar-refractivity contribution in [2.75, 3.05) is 65.8 Å². The lowest BCUT2D eigenvalue weighted by molar-refractivity contribution is -0.366. The van der Waals surface area contributed by atoms with Crippen molar-refractivity contribution in [1.82, 2.24) is 15.3 Å². The van der Waals surface area contributed by atoms with Gasteiger partial charge in [-0.25, -0.2) is 5.01 Å². The first-order valence-corrected chi connectivity index (χ1v) is 19.8. The summed E-state index contributed by atoms with van der Waals surface area (Å²) in [5.41, 5.74) is 13.0. The summed E-state index contributed by atoms with van der Waals surface area (Å²) in [6.45, 7) is -3.92. The summed E-state index contributed by atoms with van der Waals surface area (Å²) in [5, 5.41) is 136. The molecule has 366 valence electrons. The summed E-state index contributed by atoms with van der Waals surface area (Å²) in [6.07, 6.45) is -33.8. The Morgan fingerprint density at radius 3 is 1.49 bits per heavy atom. The molecule has 20 atom stereocenters. The highest BCUT2D eigenvalue weighted by atomic mass is 16.8. The molecule has 0 aromatic carbocycles. The number of carbonyl (C=O) groups is 3. The molecular weight excluding hydrogens is 862 g/mol. The first-order chi connectivity index (χ1) is 29.7. The zero-order valence-electron chi connectivity index (χ0n) is 34.0.